The summed E-state index contributed by atoms with van der Waals surface area (Å²) in [4.78, 5) is 0. The number of hydrogen-bond acceptors (Lipinski definition) is 2. The molecule has 4 aromatic rings. The summed E-state index contributed by atoms with van der Waals surface area (Å²) in [6, 6.07) is 42.6. The highest BCUT2D eigenvalue weighted by molar-refractivity contribution is 5.58. The monoisotopic (exact) mass is 389 g/mol. The second kappa shape index (κ2) is 8.37. The minimum absolute atomic E-state index is 0.883. The van der Waals surface area contributed by atoms with Gasteiger partial charge in [-0.3, -0.25) is 0 Å². The smallest absolute Gasteiger partial charge is 0.144 e. The Morgan fingerprint density at radius 3 is 1.10 bits per heavy atom. The molecule has 2 nitrogen and oxygen atoms in total. The number of nitriles is 1. The lowest BCUT2D eigenvalue weighted by molar-refractivity contribution is -0.0151. The van der Waals surface area contributed by atoms with Gasteiger partial charge in [-0.05, 0) is 22.3 Å². The van der Waals surface area contributed by atoms with Gasteiger partial charge in [0, 0.05) is 7.11 Å². The molecule has 0 fully saturated rings. The SMILES string of the molecule is COC(c1ccccc1)(c1ccccc1)C(C#N)(c1ccccc1)c1ccccc1. The average molecular weight is 389 g/mol. The third-order valence-corrected chi connectivity index (χ3v) is 5.78. The molecule has 0 atom stereocenters. The van der Waals surface area contributed by atoms with Gasteiger partial charge in [0.25, 0.3) is 0 Å². The number of nitrogens with zero attached hydrogens (tertiary/aromatic N) is 1. The Kier molecular flexibility index (Phi) is 5.48. The highest BCUT2D eigenvalue weighted by Gasteiger charge is 2.57. The molecule has 0 aliphatic rings. The molecule has 2 heteroatoms. The van der Waals surface area contributed by atoms with Crippen LogP contribution in [0.3, 0.4) is 0 Å². The first kappa shape index (κ1) is 19.6. The van der Waals surface area contributed by atoms with E-state index >= 15 is 0 Å². The lowest BCUT2D eigenvalue weighted by atomic mass is 9.59. The molecule has 0 radical (unpaired) electrons. The van der Waals surface area contributed by atoms with E-state index < -0.39 is 11.0 Å². The Balaban J connectivity index is 2.19. The van der Waals surface area contributed by atoms with Crippen LogP contribution in [-0.4, -0.2) is 7.11 Å². The van der Waals surface area contributed by atoms with E-state index in [-0.39, 0.29) is 0 Å². The fourth-order valence-corrected chi connectivity index (χ4v) is 4.49. The fraction of sp³-hybridized carbons (Fsp3) is 0.107. The van der Waals surface area contributed by atoms with Crippen molar-refractivity contribution in [3.05, 3.63) is 144 Å². The second-order valence-electron chi connectivity index (χ2n) is 7.21. The standard InChI is InChI=1S/C28H23NO/c1-30-28(25-18-10-4-11-19-25,26-20-12-5-13-21-26)27(22-29,23-14-6-2-7-15-23)24-16-8-3-9-17-24/h2-21H,1H3. The van der Waals surface area contributed by atoms with Crippen LogP contribution in [0.2, 0.25) is 0 Å². The molecule has 0 saturated heterocycles. The van der Waals surface area contributed by atoms with Crippen LogP contribution in [0.5, 0.6) is 0 Å². The molecule has 4 rings (SSSR count). The molecule has 0 amide bonds. The quantitative estimate of drug-likeness (QED) is 0.400. The van der Waals surface area contributed by atoms with Crippen molar-refractivity contribution >= 4 is 0 Å². The summed E-state index contributed by atoms with van der Waals surface area (Å²) in [6.45, 7) is 0. The number of ether oxygens (including phenoxy) is 1. The first-order valence-electron chi connectivity index (χ1n) is 9.98. The predicted molar refractivity (Wildman–Crippen MR) is 120 cm³/mol. The van der Waals surface area contributed by atoms with Crippen molar-refractivity contribution in [1.29, 1.82) is 5.26 Å². The molecule has 4 aromatic carbocycles. The first-order chi connectivity index (χ1) is 14.8. The van der Waals surface area contributed by atoms with Crippen LogP contribution in [-0.2, 0) is 15.8 Å². The van der Waals surface area contributed by atoms with Crippen molar-refractivity contribution in [2.75, 3.05) is 7.11 Å². The molecule has 0 bridgehead atoms. The Morgan fingerprint density at radius 1 is 0.533 bits per heavy atom. The van der Waals surface area contributed by atoms with E-state index in [0.717, 1.165) is 22.3 Å². The highest BCUT2D eigenvalue weighted by atomic mass is 16.5. The third-order valence-electron chi connectivity index (χ3n) is 5.78. The Hall–Kier alpha value is -3.67. The predicted octanol–water partition coefficient (Wildman–Crippen LogP) is 6.09. The molecule has 0 aliphatic heterocycles. The van der Waals surface area contributed by atoms with Gasteiger partial charge in [-0.25, -0.2) is 0 Å². The van der Waals surface area contributed by atoms with Gasteiger partial charge in [-0.1, -0.05) is 121 Å². The van der Waals surface area contributed by atoms with E-state index in [9.17, 15) is 5.26 Å². The van der Waals surface area contributed by atoms with Crippen LogP contribution in [0.4, 0.5) is 0 Å². The largest absolute Gasteiger partial charge is 0.366 e. The highest BCUT2D eigenvalue weighted by Crippen LogP contribution is 2.53. The summed E-state index contributed by atoms with van der Waals surface area (Å²) in [5.41, 5.74) is 1.43. The van der Waals surface area contributed by atoms with Crippen LogP contribution in [0.1, 0.15) is 22.3 Å². The molecule has 0 spiro atoms. The summed E-state index contributed by atoms with van der Waals surface area (Å²) in [5.74, 6) is 0. The molecule has 0 unspecified atom stereocenters. The topological polar surface area (TPSA) is 33.0 Å². The van der Waals surface area contributed by atoms with Gasteiger partial charge >= 0.3 is 0 Å². The van der Waals surface area contributed by atoms with Crippen molar-refractivity contribution in [3.8, 4) is 6.07 Å². The van der Waals surface area contributed by atoms with Crippen molar-refractivity contribution in [2.24, 2.45) is 0 Å². The fourth-order valence-electron chi connectivity index (χ4n) is 4.49. The van der Waals surface area contributed by atoms with E-state index in [2.05, 4.69) is 6.07 Å². The molecular formula is C28H23NO. The van der Waals surface area contributed by atoms with Gasteiger partial charge in [-0.15, -0.1) is 0 Å². The zero-order chi connectivity index (χ0) is 20.9. The second-order valence-corrected chi connectivity index (χ2v) is 7.21. The number of methoxy groups -OCH3 is 1. The van der Waals surface area contributed by atoms with Gasteiger partial charge in [0.05, 0.1) is 6.07 Å². The third kappa shape index (κ3) is 2.92. The normalized spacial score (nSPS) is 11.6. The Morgan fingerprint density at radius 2 is 0.833 bits per heavy atom. The Labute approximate surface area is 178 Å². The first-order valence-corrected chi connectivity index (χ1v) is 9.98. The van der Waals surface area contributed by atoms with E-state index in [0.29, 0.717) is 0 Å². The van der Waals surface area contributed by atoms with E-state index in [1.165, 1.54) is 0 Å². The molecular weight excluding hydrogens is 366 g/mol. The molecule has 0 N–H and O–H groups in total. The molecule has 0 heterocycles. The molecule has 0 saturated carbocycles. The molecule has 146 valence electrons. The van der Waals surface area contributed by atoms with Gasteiger partial charge in [0.15, 0.2) is 0 Å². The van der Waals surface area contributed by atoms with Crippen LogP contribution in [0.15, 0.2) is 121 Å². The van der Waals surface area contributed by atoms with Crippen LogP contribution >= 0.6 is 0 Å². The van der Waals surface area contributed by atoms with E-state index in [1.54, 1.807) is 7.11 Å². The lowest BCUT2D eigenvalue weighted by Crippen LogP contribution is -2.51. The van der Waals surface area contributed by atoms with Gasteiger partial charge in [0.1, 0.15) is 11.0 Å². The lowest BCUT2D eigenvalue weighted by Gasteiger charge is -2.47. The van der Waals surface area contributed by atoms with Crippen molar-refractivity contribution in [2.45, 2.75) is 11.0 Å². The zero-order valence-electron chi connectivity index (χ0n) is 16.9. The minimum atomic E-state index is -1.12. The average Bonchev–Trinajstić information content (AvgIpc) is 2.85. The van der Waals surface area contributed by atoms with E-state index in [1.807, 2.05) is 121 Å². The number of benzene rings is 4. The van der Waals surface area contributed by atoms with Crippen LogP contribution < -0.4 is 0 Å². The summed E-state index contributed by atoms with van der Waals surface area (Å²) in [6.07, 6.45) is 0. The summed E-state index contributed by atoms with van der Waals surface area (Å²) >= 11 is 0. The van der Waals surface area contributed by atoms with Gasteiger partial charge < -0.3 is 4.74 Å². The molecule has 30 heavy (non-hydrogen) atoms. The maximum Gasteiger partial charge on any atom is 0.144 e. The van der Waals surface area contributed by atoms with Crippen molar-refractivity contribution in [1.82, 2.24) is 0 Å². The van der Waals surface area contributed by atoms with Crippen LogP contribution in [0, 0.1) is 11.3 Å². The van der Waals surface area contributed by atoms with Crippen LogP contribution in [0.25, 0.3) is 0 Å². The molecule has 0 aliphatic carbocycles. The summed E-state index contributed by atoms with van der Waals surface area (Å²) < 4.78 is 6.45. The summed E-state index contributed by atoms with van der Waals surface area (Å²) in [7, 11) is 1.69. The van der Waals surface area contributed by atoms with E-state index in [4.69, 9.17) is 4.74 Å². The summed E-state index contributed by atoms with van der Waals surface area (Å²) in [5, 5.41) is 10.9. The van der Waals surface area contributed by atoms with Gasteiger partial charge in [-0.2, -0.15) is 5.26 Å². The van der Waals surface area contributed by atoms with Crippen molar-refractivity contribution in [3.63, 3.8) is 0 Å². The number of rotatable bonds is 6. The molecule has 0 aromatic heterocycles. The zero-order valence-corrected chi connectivity index (χ0v) is 16.9. The maximum atomic E-state index is 10.9. The maximum absolute atomic E-state index is 10.9. The van der Waals surface area contributed by atoms with Crippen molar-refractivity contribution < 1.29 is 4.74 Å². The number of hydrogen-bond donors (Lipinski definition) is 0. The van der Waals surface area contributed by atoms with Gasteiger partial charge in [0.2, 0.25) is 0 Å². The Bertz CT molecular complexity index is 1040. The minimum Gasteiger partial charge on any atom is -0.366 e.